The lowest BCUT2D eigenvalue weighted by atomic mass is 10.2. The van der Waals surface area contributed by atoms with E-state index in [4.69, 9.17) is 15.1 Å². The second kappa shape index (κ2) is 9.11. The average molecular weight is 461 g/mol. The molecule has 0 saturated carbocycles. The smallest absolute Gasteiger partial charge is 0.211 e. The number of unbranched alkanes of at least 4 members (excludes halogenated alkanes) is 1. The fraction of sp³-hybridized carbons (Fsp3) is 0.500. The van der Waals surface area contributed by atoms with Gasteiger partial charge in [-0.15, -0.1) is 0 Å². The molecule has 3 heterocycles. The quantitative estimate of drug-likeness (QED) is 0.562. The van der Waals surface area contributed by atoms with Gasteiger partial charge in [-0.3, -0.25) is 0 Å². The maximum Gasteiger partial charge on any atom is 0.211 e. The molecule has 1 fully saturated rings. The number of benzene rings is 1. The maximum absolute atomic E-state index is 13.5. The lowest BCUT2D eigenvalue weighted by Crippen LogP contribution is -2.34. The Morgan fingerprint density at radius 3 is 2.50 bits per heavy atom. The van der Waals surface area contributed by atoms with Crippen LogP contribution < -0.4 is 4.90 Å². The third kappa shape index (κ3) is 4.61. The molecule has 1 saturated heterocycles. The van der Waals surface area contributed by atoms with Crippen molar-refractivity contribution in [2.45, 2.75) is 39.5 Å². The Balaban J connectivity index is 1.81. The van der Waals surface area contributed by atoms with E-state index >= 15 is 0 Å². The number of nitrogens with zero attached hydrogens (tertiary/aromatic N) is 6. The summed E-state index contributed by atoms with van der Waals surface area (Å²) in [5.74, 6) is 1.23. The number of aryl methyl sites for hydroxylation is 2. The van der Waals surface area contributed by atoms with Gasteiger partial charge in [-0.1, -0.05) is 13.3 Å². The van der Waals surface area contributed by atoms with Gasteiger partial charge in [0.1, 0.15) is 17.5 Å². The number of hydrogen-bond acceptors (Lipinski definition) is 6. The molecule has 1 aliphatic rings. The highest BCUT2D eigenvalue weighted by molar-refractivity contribution is 7.88. The normalized spacial score (nSPS) is 15.9. The minimum absolute atomic E-state index is 0.305. The Morgan fingerprint density at radius 1 is 1.06 bits per heavy atom. The molecule has 8 nitrogen and oxygen atoms in total. The van der Waals surface area contributed by atoms with Gasteiger partial charge in [0.05, 0.1) is 23.0 Å². The zero-order valence-corrected chi connectivity index (χ0v) is 19.6. The molecule has 2 aromatic heterocycles. The lowest BCUT2D eigenvalue weighted by Gasteiger charge is -2.23. The van der Waals surface area contributed by atoms with Crippen LogP contribution >= 0.6 is 0 Å². The van der Waals surface area contributed by atoms with Gasteiger partial charge in [-0.25, -0.2) is 31.8 Å². The standard InChI is InChI=1S/C22H29FN6O2S/c1-4-5-7-19-24-21(27-12-6-13-28(15-14-27)32(3,30)31)20-16(2)26-29(22(20)25-19)18-10-8-17(23)9-11-18/h8-11H,4-7,12-15H2,1-3H3. The van der Waals surface area contributed by atoms with Crippen LogP contribution in [-0.4, -0.2) is 64.9 Å². The van der Waals surface area contributed by atoms with Crippen LogP contribution in [0.5, 0.6) is 0 Å². The fourth-order valence-corrected chi connectivity index (χ4v) is 4.95. The highest BCUT2D eigenvalue weighted by Gasteiger charge is 2.26. The predicted octanol–water partition coefficient (Wildman–Crippen LogP) is 3.08. The molecule has 0 amide bonds. The van der Waals surface area contributed by atoms with E-state index in [0.717, 1.165) is 47.7 Å². The van der Waals surface area contributed by atoms with Crippen LogP contribution in [0, 0.1) is 12.7 Å². The van der Waals surface area contributed by atoms with Crippen LogP contribution in [-0.2, 0) is 16.4 Å². The number of rotatable bonds is 6. The molecular formula is C22H29FN6O2S. The number of hydrogen-bond donors (Lipinski definition) is 0. The molecule has 3 aromatic rings. The summed E-state index contributed by atoms with van der Waals surface area (Å²) in [5.41, 5.74) is 2.20. The minimum Gasteiger partial charge on any atom is -0.355 e. The van der Waals surface area contributed by atoms with Crippen molar-refractivity contribution in [1.29, 1.82) is 0 Å². The molecule has 0 aliphatic carbocycles. The highest BCUT2D eigenvalue weighted by Crippen LogP contribution is 2.30. The van der Waals surface area contributed by atoms with E-state index in [1.807, 2.05) is 6.92 Å². The minimum atomic E-state index is -3.23. The first kappa shape index (κ1) is 22.6. The van der Waals surface area contributed by atoms with Crippen LogP contribution in [0.2, 0.25) is 0 Å². The molecule has 0 atom stereocenters. The first-order valence-electron chi connectivity index (χ1n) is 11.0. The van der Waals surface area contributed by atoms with E-state index in [1.165, 1.54) is 22.7 Å². The largest absolute Gasteiger partial charge is 0.355 e. The first-order chi connectivity index (χ1) is 15.3. The molecule has 0 unspecified atom stereocenters. The first-order valence-corrected chi connectivity index (χ1v) is 12.8. The van der Waals surface area contributed by atoms with Gasteiger partial charge in [0.15, 0.2) is 5.65 Å². The monoisotopic (exact) mass is 460 g/mol. The van der Waals surface area contributed by atoms with Crippen molar-refractivity contribution in [3.05, 3.63) is 41.6 Å². The molecule has 0 N–H and O–H groups in total. The topological polar surface area (TPSA) is 84.2 Å². The van der Waals surface area contributed by atoms with E-state index in [1.54, 1.807) is 16.8 Å². The third-order valence-corrected chi connectivity index (χ3v) is 7.08. The zero-order chi connectivity index (χ0) is 22.9. The average Bonchev–Trinajstić information content (AvgIpc) is 2.92. The number of aromatic nitrogens is 4. The highest BCUT2D eigenvalue weighted by atomic mass is 32.2. The number of anilines is 1. The molecule has 0 radical (unpaired) electrons. The molecule has 1 aliphatic heterocycles. The molecule has 4 rings (SSSR count). The van der Waals surface area contributed by atoms with Crippen LogP contribution in [0.4, 0.5) is 10.2 Å². The third-order valence-electron chi connectivity index (χ3n) is 5.78. The summed E-state index contributed by atoms with van der Waals surface area (Å²) in [5, 5.41) is 5.55. The number of halogens is 1. The molecule has 0 bridgehead atoms. The van der Waals surface area contributed by atoms with Gasteiger partial charge < -0.3 is 4.90 Å². The summed E-state index contributed by atoms with van der Waals surface area (Å²) in [6, 6.07) is 6.19. The van der Waals surface area contributed by atoms with E-state index in [-0.39, 0.29) is 5.82 Å². The molecule has 0 spiro atoms. The SMILES string of the molecule is CCCCc1nc(N2CCCN(S(C)(=O)=O)CC2)c2c(C)nn(-c3ccc(F)cc3)c2n1. The summed E-state index contributed by atoms with van der Waals surface area (Å²) in [7, 11) is -3.23. The van der Waals surface area contributed by atoms with Crippen molar-refractivity contribution in [2.24, 2.45) is 0 Å². The van der Waals surface area contributed by atoms with Gasteiger partial charge in [0.25, 0.3) is 0 Å². The van der Waals surface area contributed by atoms with Crippen molar-refractivity contribution in [1.82, 2.24) is 24.1 Å². The number of fused-ring (bicyclic) bond motifs is 1. The molecule has 10 heteroatoms. The van der Waals surface area contributed by atoms with Gasteiger partial charge >= 0.3 is 0 Å². The van der Waals surface area contributed by atoms with Crippen LogP contribution in [0.15, 0.2) is 24.3 Å². The van der Waals surface area contributed by atoms with Gasteiger partial charge in [-0.2, -0.15) is 5.10 Å². The number of sulfonamides is 1. The summed E-state index contributed by atoms with van der Waals surface area (Å²) in [4.78, 5) is 11.9. The van der Waals surface area contributed by atoms with Gasteiger partial charge in [0, 0.05) is 32.6 Å². The maximum atomic E-state index is 13.5. The van der Waals surface area contributed by atoms with Crippen molar-refractivity contribution in [2.75, 3.05) is 37.3 Å². The van der Waals surface area contributed by atoms with E-state index in [9.17, 15) is 12.8 Å². The van der Waals surface area contributed by atoms with E-state index in [0.29, 0.717) is 38.2 Å². The van der Waals surface area contributed by atoms with Gasteiger partial charge in [-0.05, 0) is 44.0 Å². The van der Waals surface area contributed by atoms with Gasteiger partial charge in [0.2, 0.25) is 10.0 Å². The van der Waals surface area contributed by atoms with Crippen molar-refractivity contribution >= 4 is 26.9 Å². The van der Waals surface area contributed by atoms with Crippen LogP contribution in [0.25, 0.3) is 16.7 Å². The van der Waals surface area contributed by atoms with Crippen LogP contribution in [0.1, 0.15) is 37.7 Å². The van der Waals surface area contributed by atoms with Crippen molar-refractivity contribution < 1.29 is 12.8 Å². The summed E-state index contributed by atoms with van der Waals surface area (Å²) in [6.07, 6.45) is 4.71. The molecule has 32 heavy (non-hydrogen) atoms. The Bertz CT molecular complexity index is 1210. The summed E-state index contributed by atoms with van der Waals surface area (Å²) >= 11 is 0. The summed E-state index contributed by atoms with van der Waals surface area (Å²) in [6.45, 7) is 6.21. The Hall–Kier alpha value is -2.59. The Labute approximate surface area is 188 Å². The van der Waals surface area contributed by atoms with Crippen molar-refractivity contribution in [3.8, 4) is 5.69 Å². The van der Waals surface area contributed by atoms with E-state index in [2.05, 4.69) is 11.8 Å². The molecule has 172 valence electrons. The fourth-order valence-electron chi connectivity index (χ4n) is 4.08. The van der Waals surface area contributed by atoms with Crippen LogP contribution in [0.3, 0.4) is 0 Å². The van der Waals surface area contributed by atoms with Crippen molar-refractivity contribution in [3.63, 3.8) is 0 Å². The zero-order valence-electron chi connectivity index (χ0n) is 18.8. The summed E-state index contributed by atoms with van der Waals surface area (Å²) < 4.78 is 40.8. The van der Waals surface area contributed by atoms with E-state index < -0.39 is 10.0 Å². The molecule has 1 aromatic carbocycles. The molecular weight excluding hydrogens is 431 g/mol. The second-order valence-corrected chi connectivity index (χ2v) is 10.2. The second-order valence-electron chi connectivity index (χ2n) is 8.24. The Morgan fingerprint density at radius 2 is 1.81 bits per heavy atom. The lowest BCUT2D eigenvalue weighted by molar-refractivity contribution is 0.437. The Kier molecular flexibility index (Phi) is 6.43. The predicted molar refractivity (Wildman–Crippen MR) is 123 cm³/mol.